The predicted molar refractivity (Wildman–Crippen MR) is 115 cm³/mol. The summed E-state index contributed by atoms with van der Waals surface area (Å²) in [5.74, 6) is -0.123. The van der Waals surface area contributed by atoms with E-state index in [0.29, 0.717) is 12.8 Å². The monoisotopic (exact) mass is 419 g/mol. The number of carbonyl (C=O) groups excluding carboxylic acids is 2. The van der Waals surface area contributed by atoms with E-state index < -0.39 is 0 Å². The van der Waals surface area contributed by atoms with Gasteiger partial charge in [-0.2, -0.15) is 0 Å². The van der Waals surface area contributed by atoms with Crippen LogP contribution in [0.15, 0.2) is 36.4 Å². The van der Waals surface area contributed by atoms with Gasteiger partial charge >= 0.3 is 0 Å². The summed E-state index contributed by atoms with van der Waals surface area (Å²) in [6.07, 6.45) is 3.82. The number of benzene rings is 1. The second-order valence-electron chi connectivity index (χ2n) is 7.22. The van der Waals surface area contributed by atoms with Gasteiger partial charge in [0.05, 0.1) is 4.34 Å². The number of piperidine rings is 1. The van der Waals surface area contributed by atoms with Gasteiger partial charge in [0, 0.05) is 29.4 Å². The number of primary amides is 1. The minimum absolute atomic E-state index is 0.00888. The summed E-state index contributed by atoms with van der Waals surface area (Å²) in [5, 5.41) is 2.95. The predicted octanol–water partition coefficient (Wildman–Crippen LogP) is 3.71. The van der Waals surface area contributed by atoms with E-state index in [4.69, 9.17) is 17.3 Å². The van der Waals surface area contributed by atoms with Crippen LogP contribution >= 0.6 is 22.9 Å². The molecule has 0 aliphatic carbocycles. The molecule has 2 amide bonds. The topological polar surface area (TPSA) is 75.4 Å². The number of nitrogens with zero attached hydrogens (tertiary/aromatic N) is 1. The molecule has 0 atom stereocenters. The first kappa shape index (κ1) is 20.8. The van der Waals surface area contributed by atoms with Crippen molar-refractivity contribution < 1.29 is 9.59 Å². The zero-order chi connectivity index (χ0) is 19.9. The lowest BCUT2D eigenvalue weighted by Crippen LogP contribution is -2.39. The van der Waals surface area contributed by atoms with Gasteiger partial charge in [-0.05, 0) is 68.6 Å². The fourth-order valence-corrected chi connectivity index (χ4v) is 4.52. The lowest BCUT2D eigenvalue weighted by atomic mass is 9.96. The van der Waals surface area contributed by atoms with Gasteiger partial charge in [0.15, 0.2) is 0 Å². The molecule has 28 heavy (non-hydrogen) atoms. The van der Waals surface area contributed by atoms with Crippen molar-refractivity contribution in [2.75, 3.05) is 25.0 Å². The SMILES string of the molecule is NC(=O)C1CCN(CCc2ccc(NC(=O)CCc3ccc(Cl)s3)cc2)CC1. The van der Waals surface area contributed by atoms with E-state index in [-0.39, 0.29) is 17.7 Å². The molecular weight excluding hydrogens is 394 g/mol. The van der Waals surface area contributed by atoms with Gasteiger partial charge in [-0.25, -0.2) is 0 Å². The van der Waals surface area contributed by atoms with Gasteiger partial charge in [0.1, 0.15) is 0 Å². The highest BCUT2D eigenvalue weighted by atomic mass is 35.5. The van der Waals surface area contributed by atoms with Crippen molar-refractivity contribution >= 4 is 40.4 Å². The molecule has 0 radical (unpaired) electrons. The van der Waals surface area contributed by atoms with Crippen LogP contribution in [0.3, 0.4) is 0 Å². The average Bonchev–Trinajstić information content (AvgIpc) is 3.11. The van der Waals surface area contributed by atoms with E-state index in [1.165, 1.54) is 16.9 Å². The van der Waals surface area contributed by atoms with Crippen molar-refractivity contribution in [2.24, 2.45) is 11.7 Å². The van der Waals surface area contributed by atoms with Crippen molar-refractivity contribution in [3.63, 3.8) is 0 Å². The van der Waals surface area contributed by atoms with Gasteiger partial charge in [-0.3, -0.25) is 9.59 Å². The van der Waals surface area contributed by atoms with E-state index in [2.05, 4.69) is 22.3 Å². The Kier molecular flexibility index (Phi) is 7.48. The Labute approximate surface area is 174 Å². The summed E-state index contributed by atoms with van der Waals surface area (Å²) in [7, 11) is 0. The third-order valence-electron chi connectivity index (χ3n) is 5.17. The number of carbonyl (C=O) groups is 2. The van der Waals surface area contributed by atoms with Crippen LogP contribution in [-0.2, 0) is 22.4 Å². The summed E-state index contributed by atoms with van der Waals surface area (Å²) in [5.41, 5.74) is 7.44. The number of aryl methyl sites for hydroxylation is 1. The van der Waals surface area contributed by atoms with E-state index in [9.17, 15) is 9.59 Å². The van der Waals surface area contributed by atoms with Crippen molar-refractivity contribution in [3.8, 4) is 0 Å². The van der Waals surface area contributed by atoms with Gasteiger partial charge < -0.3 is 16.0 Å². The number of rotatable bonds is 8. The molecular formula is C21H26ClN3O2S. The summed E-state index contributed by atoms with van der Waals surface area (Å²) in [4.78, 5) is 26.8. The van der Waals surface area contributed by atoms with E-state index in [1.807, 2.05) is 24.3 Å². The number of anilines is 1. The fraction of sp³-hybridized carbons (Fsp3) is 0.429. The van der Waals surface area contributed by atoms with Crippen molar-refractivity contribution in [1.82, 2.24) is 4.90 Å². The smallest absolute Gasteiger partial charge is 0.224 e. The molecule has 5 nitrogen and oxygen atoms in total. The number of nitrogens with two attached hydrogens (primary N) is 1. The Hall–Kier alpha value is -1.89. The maximum absolute atomic E-state index is 12.1. The van der Waals surface area contributed by atoms with Crippen molar-refractivity contribution in [2.45, 2.75) is 32.1 Å². The molecule has 3 N–H and O–H groups in total. The first-order valence-corrected chi connectivity index (χ1v) is 10.8. The molecule has 2 heterocycles. The summed E-state index contributed by atoms with van der Waals surface area (Å²) < 4.78 is 0.753. The summed E-state index contributed by atoms with van der Waals surface area (Å²) in [6.45, 7) is 2.83. The largest absolute Gasteiger partial charge is 0.369 e. The minimum atomic E-state index is -0.170. The van der Waals surface area contributed by atoms with Gasteiger partial charge in [0.2, 0.25) is 11.8 Å². The normalized spacial score (nSPS) is 15.5. The van der Waals surface area contributed by atoms with E-state index >= 15 is 0 Å². The third-order valence-corrected chi connectivity index (χ3v) is 6.46. The van der Waals surface area contributed by atoms with Gasteiger partial charge in [0.25, 0.3) is 0 Å². The number of halogens is 1. The molecule has 1 aliphatic rings. The summed E-state index contributed by atoms with van der Waals surface area (Å²) in [6, 6.07) is 11.8. The number of hydrogen-bond acceptors (Lipinski definition) is 4. The second kappa shape index (κ2) is 10.0. The average molecular weight is 420 g/mol. The number of likely N-dealkylation sites (tertiary alicyclic amines) is 1. The van der Waals surface area contributed by atoms with Crippen LogP contribution in [-0.4, -0.2) is 36.3 Å². The second-order valence-corrected chi connectivity index (χ2v) is 9.02. The lowest BCUT2D eigenvalue weighted by Gasteiger charge is -2.30. The first-order valence-electron chi connectivity index (χ1n) is 9.64. The molecule has 1 fully saturated rings. The summed E-state index contributed by atoms with van der Waals surface area (Å²) >= 11 is 7.43. The molecule has 7 heteroatoms. The number of amides is 2. The van der Waals surface area contributed by atoms with Crippen molar-refractivity contribution in [1.29, 1.82) is 0 Å². The maximum Gasteiger partial charge on any atom is 0.224 e. The molecule has 1 saturated heterocycles. The Morgan fingerprint density at radius 1 is 1.11 bits per heavy atom. The molecule has 150 valence electrons. The third kappa shape index (κ3) is 6.33. The quantitative estimate of drug-likeness (QED) is 0.684. The maximum atomic E-state index is 12.1. The molecule has 0 saturated carbocycles. The van der Waals surface area contributed by atoms with Gasteiger partial charge in [-0.15, -0.1) is 11.3 Å². The van der Waals surface area contributed by atoms with Crippen LogP contribution in [0.5, 0.6) is 0 Å². The zero-order valence-corrected chi connectivity index (χ0v) is 17.4. The Morgan fingerprint density at radius 3 is 2.43 bits per heavy atom. The van der Waals surface area contributed by atoms with Crippen LogP contribution in [0.1, 0.15) is 29.7 Å². The molecule has 2 aromatic rings. The van der Waals surface area contributed by atoms with Crippen LogP contribution < -0.4 is 11.1 Å². The minimum Gasteiger partial charge on any atom is -0.369 e. The van der Waals surface area contributed by atoms with E-state index in [0.717, 1.165) is 53.8 Å². The zero-order valence-electron chi connectivity index (χ0n) is 15.8. The number of thiophene rings is 1. The van der Waals surface area contributed by atoms with E-state index in [1.54, 1.807) is 0 Å². The first-order chi connectivity index (χ1) is 13.5. The Balaban J connectivity index is 1.38. The van der Waals surface area contributed by atoms with Crippen LogP contribution in [0.2, 0.25) is 4.34 Å². The number of nitrogens with one attached hydrogen (secondary N) is 1. The number of hydrogen-bond donors (Lipinski definition) is 2. The molecule has 1 aliphatic heterocycles. The standard InChI is InChI=1S/C21H26ClN3O2S/c22-19-7-5-18(28-19)6-8-20(26)24-17-3-1-15(2-4-17)9-12-25-13-10-16(11-14-25)21(23)27/h1-5,7,16H,6,8-14H2,(H2,23,27)(H,24,26). The molecule has 1 aromatic heterocycles. The lowest BCUT2D eigenvalue weighted by molar-refractivity contribution is -0.123. The van der Waals surface area contributed by atoms with Crippen LogP contribution in [0.25, 0.3) is 0 Å². The highest BCUT2D eigenvalue weighted by Crippen LogP contribution is 2.22. The van der Waals surface area contributed by atoms with Crippen LogP contribution in [0.4, 0.5) is 5.69 Å². The molecule has 0 bridgehead atoms. The van der Waals surface area contributed by atoms with Crippen molar-refractivity contribution in [3.05, 3.63) is 51.2 Å². The van der Waals surface area contributed by atoms with Gasteiger partial charge in [-0.1, -0.05) is 23.7 Å². The highest BCUT2D eigenvalue weighted by molar-refractivity contribution is 7.16. The fourth-order valence-electron chi connectivity index (χ4n) is 3.43. The molecule has 1 aromatic carbocycles. The Morgan fingerprint density at radius 2 is 1.82 bits per heavy atom. The van der Waals surface area contributed by atoms with Crippen LogP contribution in [0, 0.1) is 5.92 Å². The highest BCUT2D eigenvalue weighted by Gasteiger charge is 2.22. The molecule has 0 unspecified atom stereocenters. The molecule has 3 rings (SSSR count). The molecule has 0 spiro atoms. The Bertz CT molecular complexity index is 798.